The number of nitrogens with zero attached hydrogens (tertiary/aromatic N) is 4. The van der Waals surface area contributed by atoms with E-state index in [4.69, 9.17) is 4.74 Å². The quantitative estimate of drug-likeness (QED) is 0.106. The number of anilines is 1. The van der Waals surface area contributed by atoms with Gasteiger partial charge in [-0.1, -0.05) is 18.2 Å². The number of alkyl halides is 3. The Balaban J connectivity index is 0.00000252. The van der Waals surface area contributed by atoms with Crippen molar-refractivity contribution in [2.24, 2.45) is 5.92 Å². The Bertz CT molecular complexity index is 2110. The second-order valence-electron chi connectivity index (χ2n) is 11.7. The van der Waals surface area contributed by atoms with E-state index in [-0.39, 0.29) is 58.6 Å². The molecule has 1 aliphatic rings. The molecule has 5 aromatic rings. The third kappa shape index (κ3) is 11.2. The number of pyridine rings is 1. The van der Waals surface area contributed by atoms with Crippen LogP contribution in [0, 0.1) is 17.2 Å². The van der Waals surface area contributed by atoms with Gasteiger partial charge in [0.25, 0.3) is 10.0 Å². The molecule has 2 aromatic heterocycles. The first-order chi connectivity index (χ1) is 24.1. The average molecular weight is 829 g/mol. The van der Waals surface area contributed by atoms with Crippen LogP contribution in [0.2, 0.25) is 0 Å². The number of sulfonamides is 1. The maximum absolute atomic E-state index is 13.6. The second kappa shape index (κ2) is 19.4. The van der Waals surface area contributed by atoms with Crippen molar-refractivity contribution in [3.63, 3.8) is 0 Å². The molecule has 10 nitrogen and oxygen atoms in total. The summed E-state index contributed by atoms with van der Waals surface area (Å²) in [5.74, 6) is 1.07. The van der Waals surface area contributed by atoms with Gasteiger partial charge in [0, 0.05) is 29.8 Å². The zero-order chi connectivity index (χ0) is 35.1. The Morgan fingerprint density at radius 3 is 2.40 bits per heavy atom. The first-order valence-corrected chi connectivity index (χ1v) is 18.0. The summed E-state index contributed by atoms with van der Waals surface area (Å²) in [6.45, 7) is 3.44. The second-order valence-corrected chi connectivity index (χ2v) is 14.2. The number of aromatic nitrogens is 3. The van der Waals surface area contributed by atoms with Crippen molar-refractivity contribution in [2.45, 2.75) is 36.9 Å². The predicted octanol–water partition coefficient (Wildman–Crippen LogP) is 8.50. The van der Waals surface area contributed by atoms with Crippen LogP contribution in [-0.4, -0.2) is 42.4 Å². The highest BCUT2D eigenvalue weighted by atomic mass is 35.5. The number of halogens is 6. The summed E-state index contributed by atoms with van der Waals surface area (Å²) in [4.78, 5) is 8.17. The minimum absolute atomic E-state index is 0. The number of nitrogens with one attached hydrogen (secondary N) is 3. The summed E-state index contributed by atoms with van der Waals surface area (Å²) in [6.07, 6.45) is 1.75. The molecule has 0 amide bonds. The third-order valence-electron chi connectivity index (χ3n) is 8.31. The van der Waals surface area contributed by atoms with Gasteiger partial charge in [-0.2, -0.15) is 22.8 Å². The van der Waals surface area contributed by atoms with Gasteiger partial charge >= 0.3 is 6.18 Å². The van der Waals surface area contributed by atoms with Gasteiger partial charge in [0.2, 0.25) is 5.13 Å². The van der Waals surface area contributed by atoms with Crippen LogP contribution in [0.15, 0.2) is 90.2 Å². The van der Waals surface area contributed by atoms with Gasteiger partial charge in [0.1, 0.15) is 23.9 Å². The van der Waals surface area contributed by atoms with E-state index in [1.807, 2.05) is 12.1 Å². The molecular formula is C35H35Cl3F3N7O3S2. The summed E-state index contributed by atoms with van der Waals surface area (Å²) < 4.78 is 78.9. The Morgan fingerprint density at radius 2 is 1.68 bits per heavy atom. The number of rotatable bonds is 12. The minimum Gasteiger partial charge on any atom is -0.455 e. The molecule has 1 aliphatic heterocycles. The molecule has 282 valence electrons. The Hall–Kier alpha value is -4.01. The van der Waals surface area contributed by atoms with Crippen LogP contribution in [-0.2, 0) is 22.7 Å². The van der Waals surface area contributed by atoms with Crippen LogP contribution in [0.1, 0.15) is 36.1 Å². The Kier molecular flexibility index (Phi) is 15.8. The van der Waals surface area contributed by atoms with Gasteiger partial charge in [-0.05, 0) is 116 Å². The normalized spacial score (nSPS) is 13.1. The summed E-state index contributed by atoms with van der Waals surface area (Å²) in [5, 5.41) is 16.9. The summed E-state index contributed by atoms with van der Waals surface area (Å²) in [6, 6.07) is 19.6. The lowest BCUT2D eigenvalue weighted by Crippen LogP contribution is -2.29. The van der Waals surface area contributed by atoms with Crippen LogP contribution in [0.25, 0.3) is 22.3 Å². The van der Waals surface area contributed by atoms with E-state index in [1.165, 1.54) is 30.6 Å². The number of hydrogen-bond acceptors (Lipinski definition) is 10. The largest absolute Gasteiger partial charge is 0.455 e. The lowest BCUT2D eigenvalue weighted by atomic mass is 9.95. The molecule has 6 rings (SSSR count). The number of ether oxygens (including phenoxy) is 1. The smallest absolute Gasteiger partial charge is 0.416 e. The lowest BCUT2D eigenvalue weighted by Gasteiger charge is -2.22. The molecule has 0 saturated carbocycles. The fourth-order valence-electron chi connectivity index (χ4n) is 5.70. The topological polar surface area (TPSA) is 142 Å². The van der Waals surface area contributed by atoms with Crippen molar-refractivity contribution in [1.82, 2.24) is 25.0 Å². The number of hydrogen-bond donors (Lipinski definition) is 3. The molecule has 3 heterocycles. The summed E-state index contributed by atoms with van der Waals surface area (Å²) in [7, 11) is -4.07. The molecule has 53 heavy (non-hydrogen) atoms. The van der Waals surface area contributed by atoms with E-state index in [1.54, 1.807) is 36.5 Å². The Morgan fingerprint density at radius 1 is 0.925 bits per heavy atom. The van der Waals surface area contributed by atoms with Gasteiger partial charge in [-0.3, -0.25) is 9.71 Å². The summed E-state index contributed by atoms with van der Waals surface area (Å²) in [5.41, 5.74) is 2.05. The third-order valence-corrected chi connectivity index (χ3v) is 10.4. The van der Waals surface area contributed by atoms with Crippen LogP contribution in [0.4, 0.5) is 18.3 Å². The van der Waals surface area contributed by atoms with Gasteiger partial charge in [0.05, 0.1) is 21.7 Å². The highest BCUT2D eigenvalue weighted by Gasteiger charge is 2.30. The standard InChI is InChI=1S/C35H32F3N7O3S2.3ClH/c36-35(37,38)28-3-1-2-24(16-28)25-4-6-33(48-32-7-5-30(18-27(32)20-39)50(46,47)45-34-43-22-44-49-34)31(19-25)26-11-15-42-29(17-26)21-41-14-10-23-8-12-40-13-9-23;;;/h1-7,11,15-19,22-23,40-41H,8-10,12-14,21H2,(H,43,44,45);3*1H. The zero-order valence-corrected chi connectivity index (χ0v) is 31.9. The first-order valence-electron chi connectivity index (χ1n) is 15.8. The zero-order valence-electron chi connectivity index (χ0n) is 27.8. The monoisotopic (exact) mass is 827 g/mol. The van der Waals surface area contributed by atoms with E-state index in [0.717, 1.165) is 68.3 Å². The van der Waals surface area contributed by atoms with Crippen molar-refractivity contribution in [3.05, 3.63) is 102 Å². The lowest BCUT2D eigenvalue weighted by molar-refractivity contribution is -0.137. The molecule has 1 fully saturated rings. The molecule has 0 radical (unpaired) electrons. The van der Waals surface area contributed by atoms with Crippen LogP contribution in [0.5, 0.6) is 11.5 Å². The number of piperidine rings is 1. The van der Waals surface area contributed by atoms with Gasteiger partial charge < -0.3 is 15.4 Å². The minimum atomic E-state index is -4.51. The number of nitriles is 1. The average Bonchev–Trinajstić information content (AvgIpc) is 3.63. The van der Waals surface area contributed by atoms with Gasteiger partial charge in [0.15, 0.2) is 0 Å². The van der Waals surface area contributed by atoms with Crippen LogP contribution < -0.4 is 20.1 Å². The molecule has 0 spiro atoms. The molecule has 0 unspecified atom stereocenters. The van der Waals surface area contributed by atoms with Crippen molar-refractivity contribution < 1.29 is 26.3 Å². The fraction of sp³-hybridized carbons (Fsp3) is 0.257. The first kappa shape index (κ1) is 43.4. The predicted molar refractivity (Wildman–Crippen MR) is 206 cm³/mol. The van der Waals surface area contributed by atoms with Crippen molar-refractivity contribution >= 4 is 63.9 Å². The van der Waals surface area contributed by atoms with E-state index in [2.05, 4.69) is 29.7 Å². The Labute approximate surface area is 328 Å². The molecule has 1 saturated heterocycles. The molecule has 18 heteroatoms. The van der Waals surface area contributed by atoms with Crippen LogP contribution >= 0.6 is 48.8 Å². The molecule has 3 N–H and O–H groups in total. The molecule has 3 aromatic carbocycles. The highest BCUT2D eigenvalue weighted by Crippen LogP contribution is 2.39. The van der Waals surface area contributed by atoms with Crippen molar-refractivity contribution in [1.29, 1.82) is 5.26 Å². The molecule has 0 atom stereocenters. The van der Waals surface area contributed by atoms with E-state index >= 15 is 0 Å². The maximum Gasteiger partial charge on any atom is 0.416 e. The number of benzene rings is 3. The maximum atomic E-state index is 13.6. The summed E-state index contributed by atoms with van der Waals surface area (Å²) >= 11 is 0.865. The fourth-order valence-corrected chi connectivity index (χ4v) is 7.38. The van der Waals surface area contributed by atoms with Gasteiger partial charge in [-0.15, -0.1) is 37.2 Å². The highest BCUT2D eigenvalue weighted by molar-refractivity contribution is 7.93. The van der Waals surface area contributed by atoms with Gasteiger partial charge in [-0.25, -0.2) is 13.4 Å². The van der Waals surface area contributed by atoms with Crippen molar-refractivity contribution in [3.8, 4) is 39.8 Å². The van der Waals surface area contributed by atoms with Crippen molar-refractivity contribution in [2.75, 3.05) is 24.4 Å². The van der Waals surface area contributed by atoms with E-state index in [9.17, 15) is 26.9 Å². The van der Waals surface area contributed by atoms with Crippen LogP contribution in [0.3, 0.4) is 0 Å². The molecule has 0 bridgehead atoms. The molecular weight excluding hydrogens is 794 g/mol. The van der Waals surface area contributed by atoms with E-state index < -0.39 is 21.8 Å². The molecule has 0 aliphatic carbocycles. The SMILES string of the molecule is Cl.Cl.Cl.N#Cc1cc(S(=O)(=O)Nc2ncns2)ccc1Oc1ccc(-c2cccc(C(F)(F)F)c2)cc1-c1ccnc(CNCCC2CCNCC2)c1. The van der Waals surface area contributed by atoms with E-state index in [0.29, 0.717) is 40.5 Å².